The quantitative estimate of drug-likeness (QED) is 0.771. The summed E-state index contributed by atoms with van der Waals surface area (Å²) in [5.41, 5.74) is 9.55. The van der Waals surface area contributed by atoms with E-state index in [1.165, 1.54) is 11.1 Å². The van der Waals surface area contributed by atoms with Gasteiger partial charge in [-0.25, -0.2) is 5.43 Å². The fraction of sp³-hybridized carbons (Fsp3) is 0.478. The van der Waals surface area contributed by atoms with Crippen molar-refractivity contribution in [1.82, 2.24) is 21.2 Å². The largest absolute Gasteiger partial charge is 0.353 e. The third-order valence-electron chi connectivity index (χ3n) is 7.24. The Morgan fingerprint density at radius 1 is 0.964 bits per heavy atom. The topological polar surface area (TPSA) is 66.1 Å². The van der Waals surface area contributed by atoms with E-state index >= 15 is 0 Å². The van der Waals surface area contributed by atoms with Crippen molar-refractivity contribution < 1.29 is 4.79 Å². The van der Waals surface area contributed by atoms with Gasteiger partial charge >= 0.3 is 0 Å². The third kappa shape index (κ3) is 3.12. The van der Waals surface area contributed by atoms with E-state index in [0.29, 0.717) is 30.0 Å². The predicted octanol–water partition coefficient (Wildman–Crippen LogP) is 2.93. The second-order valence-electron chi connectivity index (χ2n) is 8.71. The molecule has 146 valence electrons. The van der Waals surface area contributed by atoms with Gasteiger partial charge in [-0.15, -0.1) is 0 Å². The maximum Gasteiger partial charge on any atom is 0.223 e. The Morgan fingerprint density at radius 2 is 1.75 bits per heavy atom. The van der Waals surface area contributed by atoms with Gasteiger partial charge in [0.2, 0.25) is 5.91 Å². The molecule has 0 spiro atoms. The average molecular weight is 377 g/mol. The molecule has 3 N–H and O–H groups in total. The van der Waals surface area contributed by atoms with Crippen LogP contribution in [0.3, 0.4) is 0 Å². The number of amides is 1. The molecule has 5 nitrogen and oxygen atoms in total. The van der Waals surface area contributed by atoms with Crippen LogP contribution in [0.2, 0.25) is 0 Å². The molecule has 1 saturated carbocycles. The molecule has 7 unspecified atom stereocenters. The molecule has 3 heterocycles. The lowest BCUT2D eigenvalue weighted by Crippen LogP contribution is -2.56. The zero-order valence-corrected chi connectivity index (χ0v) is 16.2. The van der Waals surface area contributed by atoms with Crippen molar-refractivity contribution in [3.05, 3.63) is 66.0 Å². The Bertz CT molecular complexity index is 827. The number of piperidine rings is 1. The Balaban J connectivity index is 1.34. The number of hydrogen-bond acceptors (Lipinski definition) is 4. The number of hydrogen-bond donors (Lipinski definition) is 3. The molecule has 2 aliphatic heterocycles. The SMILES string of the molecule is CC(c1ccccc1)C1CC2CC3C(CC2NC1=O)NNC3c1ccncc1. The minimum atomic E-state index is 0.0573. The zero-order valence-electron chi connectivity index (χ0n) is 16.2. The number of pyridine rings is 1. The number of carbonyl (C=O) groups is 1. The number of hydrazine groups is 1. The van der Waals surface area contributed by atoms with Gasteiger partial charge in [-0.3, -0.25) is 15.2 Å². The number of nitrogens with one attached hydrogen (secondary N) is 3. The van der Waals surface area contributed by atoms with Gasteiger partial charge < -0.3 is 5.32 Å². The molecule has 5 heteroatoms. The first-order valence-electron chi connectivity index (χ1n) is 10.5. The summed E-state index contributed by atoms with van der Waals surface area (Å²) >= 11 is 0. The van der Waals surface area contributed by atoms with Gasteiger partial charge in [0, 0.05) is 30.4 Å². The zero-order chi connectivity index (χ0) is 19.1. The van der Waals surface area contributed by atoms with Crippen molar-refractivity contribution in [2.45, 2.75) is 50.2 Å². The summed E-state index contributed by atoms with van der Waals surface area (Å²) in [6.45, 7) is 2.20. The lowest BCUT2D eigenvalue weighted by molar-refractivity contribution is -0.131. The Morgan fingerprint density at radius 3 is 2.54 bits per heavy atom. The highest BCUT2D eigenvalue weighted by molar-refractivity contribution is 5.81. The molecule has 28 heavy (non-hydrogen) atoms. The van der Waals surface area contributed by atoms with Crippen LogP contribution in [0.15, 0.2) is 54.9 Å². The van der Waals surface area contributed by atoms with Crippen molar-refractivity contribution in [2.75, 3.05) is 0 Å². The van der Waals surface area contributed by atoms with Crippen LogP contribution >= 0.6 is 0 Å². The average Bonchev–Trinajstić information content (AvgIpc) is 3.15. The lowest BCUT2D eigenvalue weighted by atomic mass is 9.66. The molecule has 7 atom stereocenters. The van der Waals surface area contributed by atoms with Crippen LogP contribution in [0.5, 0.6) is 0 Å². The number of carbonyl (C=O) groups excluding carboxylic acids is 1. The van der Waals surface area contributed by atoms with E-state index in [9.17, 15) is 4.79 Å². The number of rotatable bonds is 3. The molecule has 5 rings (SSSR count). The highest BCUT2D eigenvalue weighted by Gasteiger charge is 2.48. The lowest BCUT2D eigenvalue weighted by Gasteiger charge is -2.45. The summed E-state index contributed by atoms with van der Waals surface area (Å²) in [5, 5.41) is 3.37. The van der Waals surface area contributed by atoms with Crippen LogP contribution in [0, 0.1) is 17.8 Å². The molecule has 3 aliphatic rings. The molecule has 1 amide bonds. The predicted molar refractivity (Wildman–Crippen MR) is 108 cm³/mol. The summed E-state index contributed by atoms with van der Waals surface area (Å²) in [6.07, 6.45) is 6.87. The highest BCUT2D eigenvalue weighted by atomic mass is 16.2. The standard InChI is InChI=1S/C23H28N4O/c1-14(15-5-3-2-4-6-15)18-11-17-12-19-21(13-20(17)25-23(18)28)26-27-22(19)16-7-9-24-10-8-16/h2-10,14,17-22,26-27H,11-13H2,1H3,(H,25,28). The molecular formula is C23H28N4O. The second-order valence-corrected chi connectivity index (χ2v) is 8.71. The molecule has 0 bridgehead atoms. The van der Waals surface area contributed by atoms with Crippen molar-refractivity contribution in [3.8, 4) is 0 Å². The number of fused-ring (bicyclic) bond motifs is 2. The second kappa shape index (κ2) is 7.30. The Labute approximate surface area is 166 Å². The normalized spacial score (nSPS) is 35.5. The highest BCUT2D eigenvalue weighted by Crippen LogP contribution is 2.45. The van der Waals surface area contributed by atoms with Crippen LogP contribution < -0.4 is 16.2 Å². The molecular weight excluding hydrogens is 348 g/mol. The van der Waals surface area contributed by atoms with Gasteiger partial charge in [0.1, 0.15) is 0 Å². The minimum Gasteiger partial charge on any atom is -0.353 e. The van der Waals surface area contributed by atoms with Crippen LogP contribution in [0.4, 0.5) is 0 Å². The third-order valence-corrected chi connectivity index (χ3v) is 7.24. The maximum atomic E-state index is 12.9. The van der Waals surface area contributed by atoms with Crippen LogP contribution in [0.25, 0.3) is 0 Å². The van der Waals surface area contributed by atoms with Gasteiger partial charge in [0.15, 0.2) is 0 Å². The van der Waals surface area contributed by atoms with Crippen molar-refractivity contribution in [3.63, 3.8) is 0 Å². The van der Waals surface area contributed by atoms with E-state index in [1.54, 1.807) is 0 Å². The molecule has 3 fully saturated rings. The fourth-order valence-electron chi connectivity index (χ4n) is 5.64. The van der Waals surface area contributed by atoms with Crippen LogP contribution in [-0.2, 0) is 4.79 Å². The van der Waals surface area contributed by atoms with E-state index in [1.807, 2.05) is 18.5 Å². The van der Waals surface area contributed by atoms with E-state index in [-0.39, 0.29) is 17.7 Å². The van der Waals surface area contributed by atoms with Gasteiger partial charge in [0.25, 0.3) is 0 Å². The van der Waals surface area contributed by atoms with E-state index < -0.39 is 0 Å². The summed E-state index contributed by atoms with van der Waals surface area (Å²) < 4.78 is 0. The van der Waals surface area contributed by atoms with Gasteiger partial charge in [-0.1, -0.05) is 37.3 Å². The minimum absolute atomic E-state index is 0.0573. The first-order valence-corrected chi connectivity index (χ1v) is 10.5. The van der Waals surface area contributed by atoms with Crippen LogP contribution in [-0.4, -0.2) is 23.0 Å². The van der Waals surface area contributed by atoms with Gasteiger partial charge in [0.05, 0.1) is 6.04 Å². The molecule has 2 aromatic rings. The van der Waals surface area contributed by atoms with Gasteiger partial charge in [-0.05, 0) is 60.3 Å². The summed E-state index contributed by atoms with van der Waals surface area (Å²) in [7, 11) is 0. The number of benzene rings is 1. The molecule has 1 aromatic carbocycles. The smallest absolute Gasteiger partial charge is 0.223 e. The molecule has 1 aliphatic carbocycles. The van der Waals surface area contributed by atoms with E-state index in [0.717, 1.165) is 19.3 Å². The Hall–Kier alpha value is -2.24. The van der Waals surface area contributed by atoms with Crippen molar-refractivity contribution in [1.29, 1.82) is 0 Å². The van der Waals surface area contributed by atoms with E-state index in [4.69, 9.17) is 0 Å². The molecule has 1 aromatic heterocycles. The van der Waals surface area contributed by atoms with Gasteiger partial charge in [-0.2, -0.15) is 0 Å². The van der Waals surface area contributed by atoms with Crippen LogP contribution in [0.1, 0.15) is 49.3 Å². The fourth-order valence-corrected chi connectivity index (χ4v) is 5.64. The molecule has 2 saturated heterocycles. The molecule has 0 radical (unpaired) electrons. The van der Waals surface area contributed by atoms with Crippen molar-refractivity contribution >= 4 is 5.91 Å². The summed E-state index contributed by atoms with van der Waals surface area (Å²) in [5.74, 6) is 1.62. The van der Waals surface area contributed by atoms with Crippen molar-refractivity contribution in [2.24, 2.45) is 17.8 Å². The summed E-state index contributed by atoms with van der Waals surface area (Å²) in [4.78, 5) is 17.0. The summed E-state index contributed by atoms with van der Waals surface area (Å²) in [6, 6.07) is 15.7. The number of nitrogens with zero attached hydrogens (tertiary/aromatic N) is 1. The monoisotopic (exact) mass is 376 g/mol. The number of aromatic nitrogens is 1. The van der Waals surface area contributed by atoms with E-state index in [2.05, 4.69) is 64.5 Å². The first-order chi connectivity index (χ1) is 13.7. The maximum absolute atomic E-state index is 12.9. The first kappa shape index (κ1) is 17.8. The Kier molecular flexibility index (Phi) is 4.65.